The molecule has 6 heteroatoms. The van der Waals surface area contributed by atoms with Crippen molar-refractivity contribution in [2.75, 3.05) is 11.5 Å². The van der Waals surface area contributed by atoms with E-state index >= 15 is 0 Å². The molecule has 3 atom stereocenters. The Balaban J connectivity index is 0.00000121. The van der Waals surface area contributed by atoms with Gasteiger partial charge in [0.1, 0.15) is 11.5 Å². The van der Waals surface area contributed by atoms with Gasteiger partial charge in [-0.15, -0.1) is 12.4 Å². The maximum atomic E-state index is 11.0. The van der Waals surface area contributed by atoms with Crippen molar-refractivity contribution in [3.8, 4) is 0 Å². The zero-order valence-corrected chi connectivity index (χ0v) is 8.28. The Labute approximate surface area is 80.3 Å². The van der Waals surface area contributed by atoms with Crippen molar-refractivity contribution >= 4 is 29.6 Å². The van der Waals surface area contributed by atoms with E-state index in [1.165, 1.54) is 0 Å². The number of carbonyl (C=O) groups is 1. The van der Waals surface area contributed by atoms with Crippen molar-refractivity contribution in [1.29, 1.82) is 0 Å². The molecular formula is C6H12ClNO3S. The number of halogens is 1. The highest BCUT2D eigenvalue weighted by atomic mass is 35.5. The van der Waals surface area contributed by atoms with Crippen LogP contribution in [0.2, 0.25) is 0 Å². The Morgan fingerprint density at radius 3 is 2.67 bits per heavy atom. The molecule has 0 saturated carbocycles. The molecule has 0 aliphatic carbocycles. The molecule has 0 bridgehead atoms. The number of hydrogen-bond acceptors (Lipinski definition) is 3. The van der Waals surface area contributed by atoms with Crippen LogP contribution in [0.15, 0.2) is 0 Å². The van der Waals surface area contributed by atoms with Crippen LogP contribution in [-0.2, 0) is 16.0 Å². The van der Waals surface area contributed by atoms with E-state index in [1.807, 2.05) is 6.92 Å². The first kappa shape index (κ1) is 12.0. The summed E-state index contributed by atoms with van der Waals surface area (Å²) in [4.78, 5) is 10.4. The summed E-state index contributed by atoms with van der Waals surface area (Å²) in [6.45, 7) is 1.84. The van der Waals surface area contributed by atoms with Gasteiger partial charge in [-0.05, 0) is 18.1 Å². The van der Waals surface area contributed by atoms with E-state index in [9.17, 15) is 9.35 Å². The van der Waals surface area contributed by atoms with E-state index in [4.69, 9.17) is 5.11 Å². The molecule has 1 heterocycles. The predicted octanol–water partition coefficient (Wildman–Crippen LogP) is -0.398. The predicted molar refractivity (Wildman–Crippen MR) is 49.1 cm³/mol. The molecule has 4 nitrogen and oxygen atoms in total. The minimum absolute atomic E-state index is 0. The number of aliphatic carboxylic acids is 1. The smallest absolute Gasteiger partial charge is 0.325 e. The van der Waals surface area contributed by atoms with Crippen LogP contribution in [0, 0.1) is 0 Å². The second kappa shape index (κ2) is 4.91. The minimum atomic E-state index is -0.964. The first-order valence-corrected chi connectivity index (χ1v) is 4.92. The fraction of sp³-hybridized carbons (Fsp3) is 0.833. The quantitative estimate of drug-likeness (QED) is 0.582. The van der Waals surface area contributed by atoms with Gasteiger partial charge in [0, 0.05) is 6.04 Å². The van der Waals surface area contributed by atoms with E-state index in [2.05, 4.69) is 5.32 Å². The Morgan fingerprint density at radius 2 is 2.25 bits per heavy atom. The van der Waals surface area contributed by atoms with Gasteiger partial charge >= 0.3 is 5.97 Å². The summed E-state index contributed by atoms with van der Waals surface area (Å²) in [7, 11) is 0. The molecule has 0 aromatic carbocycles. The van der Waals surface area contributed by atoms with Crippen molar-refractivity contribution < 1.29 is 14.5 Å². The topological polar surface area (TPSA) is 72.4 Å². The van der Waals surface area contributed by atoms with E-state index < -0.39 is 23.2 Å². The van der Waals surface area contributed by atoms with Gasteiger partial charge in [0.2, 0.25) is 0 Å². The monoisotopic (exact) mass is 213 g/mol. The molecule has 0 aromatic rings. The van der Waals surface area contributed by atoms with Gasteiger partial charge in [-0.1, -0.05) is 0 Å². The lowest BCUT2D eigenvalue weighted by Crippen LogP contribution is -2.54. The van der Waals surface area contributed by atoms with Gasteiger partial charge in [-0.25, -0.2) is 0 Å². The van der Waals surface area contributed by atoms with E-state index in [-0.39, 0.29) is 24.2 Å². The molecule has 12 heavy (non-hydrogen) atoms. The van der Waals surface area contributed by atoms with Crippen LogP contribution in [0.1, 0.15) is 6.92 Å². The maximum absolute atomic E-state index is 11.0. The second-order valence-corrected chi connectivity index (χ2v) is 4.28. The highest BCUT2D eigenvalue weighted by Crippen LogP contribution is 2.06. The van der Waals surface area contributed by atoms with E-state index in [1.54, 1.807) is 0 Å². The van der Waals surface area contributed by atoms with Crippen LogP contribution in [0.3, 0.4) is 0 Å². The molecular weight excluding hydrogens is 202 g/mol. The number of rotatable bonds is 1. The molecule has 0 spiro atoms. The molecule has 72 valence electrons. The fourth-order valence-corrected chi connectivity index (χ4v) is 2.52. The number of hydrogen-bond donors (Lipinski definition) is 2. The van der Waals surface area contributed by atoms with Gasteiger partial charge in [0.15, 0.2) is 6.04 Å². The molecule has 1 fully saturated rings. The Morgan fingerprint density at radius 1 is 1.67 bits per heavy atom. The van der Waals surface area contributed by atoms with Crippen molar-refractivity contribution in [1.82, 2.24) is 5.32 Å². The normalized spacial score (nSPS) is 35.3. The lowest BCUT2D eigenvalue weighted by atomic mass is 10.3. The molecule has 1 saturated heterocycles. The summed E-state index contributed by atoms with van der Waals surface area (Å²) < 4.78 is 11.0. The number of carboxylic acids is 1. The second-order valence-electron chi connectivity index (χ2n) is 2.73. The molecule has 0 amide bonds. The average molecular weight is 214 g/mol. The first-order chi connectivity index (χ1) is 5.09. The third-order valence-corrected chi connectivity index (χ3v) is 3.15. The standard InChI is InChI=1S/C6H11NO3S.ClH/c1-4-2-11(10)3-5(7-4)6(8)9;/h4-5,7H,2-3H2,1H3,(H,8,9);1H. The van der Waals surface area contributed by atoms with E-state index in [0.717, 1.165) is 0 Å². The summed E-state index contributed by atoms with van der Waals surface area (Å²) in [6, 6.07) is -0.578. The lowest BCUT2D eigenvalue weighted by molar-refractivity contribution is -0.139. The van der Waals surface area contributed by atoms with Crippen LogP contribution in [0.25, 0.3) is 0 Å². The zero-order chi connectivity index (χ0) is 8.43. The summed E-state index contributed by atoms with van der Waals surface area (Å²) >= 11 is -0.964. The molecule has 0 radical (unpaired) electrons. The lowest BCUT2D eigenvalue weighted by Gasteiger charge is -2.27. The molecule has 1 aliphatic heterocycles. The van der Waals surface area contributed by atoms with Crippen LogP contribution >= 0.6 is 12.4 Å². The van der Waals surface area contributed by atoms with Crippen molar-refractivity contribution in [2.24, 2.45) is 0 Å². The van der Waals surface area contributed by atoms with Gasteiger partial charge in [-0.2, -0.15) is 0 Å². The minimum Gasteiger partial charge on any atom is -0.616 e. The van der Waals surface area contributed by atoms with Gasteiger partial charge in [-0.3, -0.25) is 10.1 Å². The summed E-state index contributed by atoms with van der Waals surface area (Å²) in [5.74, 6) is -0.117. The van der Waals surface area contributed by atoms with Gasteiger partial charge in [0.05, 0.1) is 0 Å². The van der Waals surface area contributed by atoms with E-state index in [0.29, 0.717) is 5.75 Å². The summed E-state index contributed by atoms with van der Waals surface area (Å²) in [6.07, 6.45) is 0. The maximum Gasteiger partial charge on any atom is 0.325 e. The van der Waals surface area contributed by atoms with Gasteiger partial charge < -0.3 is 9.66 Å². The van der Waals surface area contributed by atoms with Crippen LogP contribution < -0.4 is 5.32 Å². The molecule has 1 rings (SSSR count). The van der Waals surface area contributed by atoms with Crippen molar-refractivity contribution in [3.05, 3.63) is 0 Å². The Hall–Kier alpha value is 0.0300. The average Bonchev–Trinajstić information content (AvgIpc) is 1.85. The van der Waals surface area contributed by atoms with Gasteiger partial charge in [0.25, 0.3) is 0 Å². The van der Waals surface area contributed by atoms with Crippen molar-refractivity contribution in [2.45, 2.75) is 19.0 Å². The van der Waals surface area contributed by atoms with Crippen LogP contribution in [-0.4, -0.2) is 39.2 Å². The van der Waals surface area contributed by atoms with Crippen LogP contribution in [0.5, 0.6) is 0 Å². The highest BCUT2D eigenvalue weighted by Gasteiger charge is 2.31. The highest BCUT2D eigenvalue weighted by molar-refractivity contribution is 7.91. The largest absolute Gasteiger partial charge is 0.616 e. The molecule has 3 unspecified atom stereocenters. The van der Waals surface area contributed by atoms with Crippen molar-refractivity contribution in [3.63, 3.8) is 0 Å². The molecule has 2 N–H and O–H groups in total. The summed E-state index contributed by atoms with van der Waals surface area (Å²) in [5.41, 5.74) is 0. The zero-order valence-electron chi connectivity index (χ0n) is 6.65. The third-order valence-electron chi connectivity index (χ3n) is 1.57. The Bertz CT molecular complexity index is 159. The fourth-order valence-electron chi connectivity index (χ4n) is 1.12. The Kier molecular flexibility index (Phi) is 4.92. The molecule has 0 aromatic heterocycles. The number of carboxylic acid groups (broad SMARTS) is 1. The SMILES string of the molecule is CC1C[S+]([O-])CC(C(=O)O)N1.Cl. The first-order valence-electron chi connectivity index (χ1n) is 3.43. The van der Waals surface area contributed by atoms with Crippen LogP contribution in [0.4, 0.5) is 0 Å². The summed E-state index contributed by atoms with van der Waals surface area (Å²) in [5, 5.41) is 11.4. The molecule has 1 aliphatic rings. The number of nitrogens with one attached hydrogen (secondary N) is 1. The third kappa shape index (κ3) is 3.18.